The van der Waals surface area contributed by atoms with Gasteiger partial charge in [0, 0.05) is 23.1 Å². The summed E-state index contributed by atoms with van der Waals surface area (Å²) in [6.45, 7) is 1.65. The lowest BCUT2D eigenvalue weighted by Gasteiger charge is -2.34. The number of anilines is 1. The largest absolute Gasteiger partial charge is 0.481 e. The first-order chi connectivity index (χ1) is 9.47. The molecule has 0 aromatic heterocycles. The quantitative estimate of drug-likeness (QED) is 0.858. The van der Waals surface area contributed by atoms with Crippen LogP contribution in [-0.4, -0.2) is 42.8 Å². The predicted molar refractivity (Wildman–Crippen MR) is 76.9 cm³/mol. The molecule has 0 aliphatic carbocycles. The highest BCUT2D eigenvalue weighted by Crippen LogP contribution is 2.29. The molecule has 1 unspecified atom stereocenters. The lowest BCUT2D eigenvalue weighted by Crippen LogP contribution is -2.43. The van der Waals surface area contributed by atoms with Crippen molar-refractivity contribution >= 4 is 33.5 Å². The van der Waals surface area contributed by atoms with Crippen molar-refractivity contribution in [2.45, 2.75) is 12.5 Å². The van der Waals surface area contributed by atoms with E-state index in [1.165, 1.54) is 0 Å². The van der Waals surface area contributed by atoms with E-state index in [0.29, 0.717) is 25.3 Å². The van der Waals surface area contributed by atoms with Crippen molar-refractivity contribution in [3.05, 3.63) is 28.2 Å². The molecule has 108 valence electrons. The third-order valence-electron chi connectivity index (χ3n) is 3.11. The molecule has 1 aliphatic rings. The van der Waals surface area contributed by atoms with Gasteiger partial charge in [0.25, 0.3) is 0 Å². The molecule has 1 aromatic rings. The Hall–Kier alpha value is -1.60. The van der Waals surface area contributed by atoms with E-state index in [1.807, 2.05) is 4.90 Å². The molecule has 20 heavy (non-hydrogen) atoms. The zero-order chi connectivity index (χ0) is 14.7. The van der Waals surface area contributed by atoms with Gasteiger partial charge in [-0.2, -0.15) is 0 Å². The number of nitrogens with two attached hydrogens (primary N) is 1. The van der Waals surface area contributed by atoms with Crippen molar-refractivity contribution < 1.29 is 19.4 Å². The predicted octanol–water partition coefficient (Wildman–Crippen LogP) is 1.23. The zero-order valence-electron chi connectivity index (χ0n) is 10.7. The number of hydrogen-bond acceptors (Lipinski definition) is 4. The Morgan fingerprint density at radius 2 is 2.25 bits per heavy atom. The summed E-state index contributed by atoms with van der Waals surface area (Å²) in [6, 6.07) is 5.12. The third-order valence-corrected chi connectivity index (χ3v) is 3.75. The monoisotopic (exact) mass is 342 g/mol. The van der Waals surface area contributed by atoms with Gasteiger partial charge in [0.2, 0.25) is 5.91 Å². The van der Waals surface area contributed by atoms with Gasteiger partial charge in [0.1, 0.15) is 0 Å². The standard InChI is InChI=1S/C13H15BrN2O4/c14-10-5-8(13(15)19)1-2-11(10)16-3-4-20-9(7-16)6-12(17)18/h1-2,5,9H,3-4,6-7H2,(H2,15,19)(H,17,18). The molecular weight excluding hydrogens is 328 g/mol. The summed E-state index contributed by atoms with van der Waals surface area (Å²) in [5.74, 6) is -1.36. The molecule has 1 amide bonds. The summed E-state index contributed by atoms with van der Waals surface area (Å²) in [4.78, 5) is 23.9. The Kier molecular flexibility index (Phi) is 4.61. The number of benzene rings is 1. The number of carboxylic acids is 1. The van der Waals surface area contributed by atoms with E-state index < -0.39 is 11.9 Å². The molecule has 3 N–H and O–H groups in total. The maximum atomic E-state index is 11.1. The molecule has 1 aromatic carbocycles. The average molecular weight is 343 g/mol. The van der Waals surface area contributed by atoms with E-state index in [2.05, 4.69) is 15.9 Å². The fourth-order valence-corrected chi connectivity index (χ4v) is 2.80. The van der Waals surface area contributed by atoms with E-state index in [1.54, 1.807) is 18.2 Å². The highest BCUT2D eigenvalue weighted by atomic mass is 79.9. The first kappa shape index (κ1) is 14.8. The summed E-state index contributed by atoms with van der Waals surface area (Å²) in [7, 11) is 0. The molecule has 6 nitrogen and oxygen atoms in total. The minimum absolute atomic E-state index is 0.0203. The molecule has 1 heterocycles. The van der Waals surface area contributed by atoms with Crippen LogP contribution in [0, 0.1) is 0 Å². The molecule has 1 atom stereocenters. The van der Waals surface area contributed by atoms with Crippen LogP contribution in [0.3, 0.4) is 0 Å². The molecule has 0 bridgehead atoms. The maximum Gasteiger partial charge on any atom is 0.306 e. The highest BCUT2D eigenvalue weighted by Gasteiger charge is 2.24. The lowest BCUT2D eigenvalue weighted by molar-refractivity contribution is -0.140. The fourth-order valence-electron chi connectivity index (χ4n) is 2.17. The Balaban J connectivity index is 2.14. The smallest absolute Gasteiger partial charge is 0.306 e. The normalized spacial score (nSPS) is 18.9. The first-order valence-electron chi connectivity index (χ1n) is 6.15. The first-order valence-corrected chi connectivity index (χ1v) is 6.94. The second-order valence-corrected chi connectivity index (χ2v) is 5.42. The highest BCUT2D eigenvalue weighted by molar-refractivity contribution is 9.10. The summed E-state index contributed by atoms with van der Waals surface area (Å²) in [5, 5.41) is 8.82. The van der Waals surface area contributed by atoms with Gasteiger partial charge in [-0.3, -0.25) is 9.59 Å². The van der Waals surface area contributed by atoms with Crippen LogP contribution in [0.1, 0.15) is 16.8 Å². The number of morpholine rings is 1. The van der Waals surface area contributed by atoms with E-state index >= 15 is 0 Å². The van der Waals surface area contributed by atoms with E-state index in [9.17, 15) is 9.59 Å². The van der Waals surface area contributed by atoms with Crippen LogP contribution in [0.5, 0.6) is 0 Å². The Morgan fingerprint density at radius 1 is 1.50 bits per heavy atom. The second kappa shape index (κ2) is 6.23. The van der Waals surface area contributed by atoms with E-state index in [0.717, 1.165) is 10.2 Å². The van der Waals surface area contributed by atoms with Crippen molar-refractivity contribution in [2.24, 2.45) is 5.73 Å². The van der Waals surface area contributed by atoms with Gasteiger partial charge in [0.05, 0.1) is 24.8 Å². The Morgan fingerprint density at radius 3 is 2.85 bits per heavy atom. The number of carboxylic acid groups (broad SMARTS) is 1. The van der Waals surface area contributed by atoms with Crippen LogP contribution in [0.25, 0.3) is 0 Å². The number of aliphatic carboxylic acids is 1. The molecule has 1 saturated heterocycles. The van der Waals surface area contributed by atoms with Gasteiger partial charge >= 0.3 is 5.97 Å². The minimum Gasteiger partial charge on any atom is -0.481 e. The molecule has 1 fully saturated rings. The number of amides is 1. The summed E-state index contributed by atoms with van der Waals surface area (Å²) < 4.78 is 6.18. The topological polar surface area (TPSA) is 92.9 Å². The van der Waals surface area contributed by atoms with Gasteiger partial charge < -0.3 is 20.5 Å². The van der Waals surface area contributed by atoms with Crippen LogP contribution in [0.15, 0.2) is 22.7 Å². The summed E-state index contributed by atoms with van der Waals surface area (Å²) in [5.41, 5.74) is 6.55. The molecular formula is C13H15BrN2O4. The molecule has 1 aliphatic heterocycles. The number of rotatable bonds is 4. The molecule has 0 radical (unpaired) electrons. The SMILES string of the molecule is NC(=O)c1ccc(N2CCOC(CC(=O)O)C2)c(Br)c1. The maximum absolute atomic E-state index is 11.1. The lowest BCUT2D eigenvalue weighted by atomic mass is 10.1. The van der Waals surface area contributed by atoms with Crippen LogP contribution in [-0.2, 0) is 9.53 Å². The number of carbonyl (C=O) groups excluding carboxylic acids is 1. The average Bonchev–Trinajstić information content (AvgIpc) is 2.38. The van der Waals surface area contributed by atoms with Crippen molar-refractivity contribution in [3.63, 3.8) is 0 Å². The van der Waals surface area contributed by atoms with Crippen LogP contribution in [0.2, 0.25) is 0 Å². The zero-order valence-corrected chi connectivity index (χ0v) is 12.3. The van der Waals surface area contributed by atoms with Gasteiger partial charge in [-0.1, -0.05) is 0 Å². The molecule has 2 rings (SSSR count). The number of carbonyl (C=O) groups is 2. The van der Waals surface area contributed by atoms with Crippen molar-refractivity contribution in [1.29, 1.82) is 0 Å². The molecule has 0 spiro atoms. The Labute approximate surface area is 124 Å². The van der Waals surface area contributed by atoms with E-state index in [-0.39, 0.29) is 12.5 Å². The van der Waals surface area contributed by atoms with Gasteiger partial charge in [-0.25, -0.2) is 0 Å². The second-order valence-electron chi connectivity index (χ2n) is 4.57. The minimum atomic E-state index is -0.875. The number of halogens is 1. The van der Waals surface area contributed by atoms with Crippen LogP contribution >= 0.6 is 15.9 Å². The van der Waals surface area contributed by atoms with E-state index in [4.69, 9.17) is 15.6 Å². The third kappa shape index (κ3) is 3.49. The van der Waals surface area contributed by atoms with Crippen LogP contribution < -0.4 is 10.6 Å². The van der Waals surface area contributed by atoms with Gasteiger partial charge in [-0.05, 0) is 34.1 Å². The number of primary amides is 1. The van der Waals surface area contributed by atoms with Gasteiger partial charge in [0.15, 0.2) is 0 Å². The molecule has 0 saturated carbocycles. The number of ether oxygens (including phenoxy) is 1. The van der Waals surface area contributed by atoms with Gasteiger partial charge in [-0.15, -0.1) is 0 Å². The van der Waals surface area contributed by atoms with Crippen LogP contribution in [0.4, 0.5) is 5.69 Å². The summed E-state index contributed by atoms with van der Waals surface area (Å²) >= 11 is 3.42. The number of hydrogen-bond donors (Lipinski definition) is 2. The van der Waals surface area contributed by atoms with Crippen molar-refractivity contribution in [1.82, 2.24) is 0 Å². The van der Waals surface area contributed by atoms with Crippen molar-refractivity contribution in [3.8, 4) is 0 Å². The summed E-state index contributed by atoms with van der Waals surface area (Å²) in [6.07, 6.45) is -0.350. The van der Waals surface area contributed by atoms with Crippen molar-refractivity contribution in [2.75, 3.05) is 24.6 Å². The Bertz CT molecular complexity index is 535. The molecule has 7 heteroatoms. The fraction of sp³-hybridized carbons (Fsp3) is 0.385. The number of nitrogens with zero attached hydrogens (tertiary/aromatic N) is 1.